The Morgan fingerprint density at radius 3 is 2.57 bits per heavy atom. The highest BCUT2D eigenvalue weighted by atomic mass is 35.5. The van der Waals surface area contributed by atoms with Crippen LogP contribution in [0.2, 0.25) is 5.02 Å². The lowest BCUT2D eigenvalue weighted by Gasteiger charge is -2.18. The summed E-state index contributed by atoms with van der Waals surface area (Å²) >= 11 is 5.82. The molecule has 0 aliphatic carbocycles. The van der Waals surface area contributed by atoms with Gasteiger partial charge in [0.1, 0.15) is 5.69 Å². The zero-order valence-electron chi connectivity index (χ0n) is 12.1. The van der Waals surface area contributed by atoms with Gasteiger partial charge in [-0.1, -0.05) is 25.4 Å². The van der Waals surface area contributed by atoms with Gasteiger partial charge in [0.2, 0.25) is 0 Å². The summed E-state index contributed by atoms with van der Waals surface area (Å²) in [6, 6.07) is 2.46. The van der Waals surface area contributed by atoms with E-state index in [1.807, 2.05) is 13.8 Å². The van der Waals surface area contributed by atoms with Gasteiger partial charge in [0.25, 0.3) is 11.6 Å². The van der Waals surface area contributed by atoms with E-state index in [-0.39, 0.29) is 22.0 Å². The lowest BCUT2D eigenvalue weighted by molar-refractivity contribution is -0.383. The fourth-order valence-corrected chi connectivity index (χ4v) is 2.07. The molecule has 0 aliphatic heterocycles. The number of hydrogen-bond donors (Lipinski definition) is 2. The summed E-state index contributed by atoms with van der Waals surface area (Å²) in [6.45, 7) is 7.03. The molecule has 1 aromatic rings. The Morgan fingerprint density at radius 1 is 1.43 bits per heavy atom. The van der Waals surface area contributed by atoms with Gasteiger partial charge in [0.15, 0.2) is 0 Å². The number of rotatable bonds is 7. The molecule has 0 atom stereocenters. The SMILES string of the molecule is CCN(CC)CCNC(=O)c1cc(Cl)c(N)c([N+](=O)[O-])c1. The summed E-state index contributed by atoms with van der Waals surface area (Å²) in [4.78, 5) is 24.3. The number of nitro benzene ring substituents is 1. The number of anilines is 1. The van der Waals surface area contributed by atoms with Gasteiger partial charge in [-0.2, -0.15) is 0 Å². The summed E-state index contributed by atoms with van der Waals surface area (Å²) < 4.78 is 0. The summed E-state index contributed by atoms with van der Waals surface area (Å²) in [5.41, 5.74) is 5.14. The molecule has 0 aliphatic rings. The number of nitrogen functional groups attached to an aromatic ring is 1. The molecule has 3 N–H and O–H groups in total. The first kappa shape index (κ1) is 17.2. The van der Waals surface area contributed by atoms with E-state index in [2.05, 4.69) is 10.2 Å². The van der Waals surface area contributed by atoms with Gasteiger partial charge in [-0.25, -0.2) is 0 Å². The summed E-state index contributed by atoms with van der Waals surface area (Å²) in [6.07, 6.45) is 0. The molecule has 0 bridgehead atoms. The van der Waals surface area contributed by atoms with Crippen molar-refractivity contribution in [2.75, 3.05) is 31.9 Å². The Balaban J connectivity index is 2.77. The van der Waals surface area contributed by atoms with Crippen LogP contribution in [0, 0.1) is 10.1 Å². The zero-order chi connectivity index (χ0) is 16.0. The Kier molecular flexibility index (Phi) is 6.39. The molecule has 0 heterocycles. The van der Waals surface area contributed by atoms with Crippen LogP contribution in [0.5, 0.6) is 0 Å². The van der Waals surface area contributed by atoms with E-state index in [4.69, 9.17) is 17.3 Å². The Labute approximate surface area is 128 Å². The van der Waals surface area contributed by atoms with E-state index in [1.54, 1.807) is 0 Å². The van der Waals surface area contributed by atoms with Crippen LogP contribution in [0.15, 0.2) is 12.1 Å². The van der Waals surface area contributed by atoms with Crippen LogP contribution >= 0.6 is 11.6 Å². The second-order valence-corrected chi connectivity index (χ2v) is 4.84. The third-order valence-corrected chi connectivity index (χ3v) is 3.49. The fourth-order valence-electron chi connectivity index (χ4n) is 1.85. The quantitative estimate of drug-likeness (QED) is 0.454. The number of carbonyl (C=O) groups excluding carboxylic acids is 1. The molecule has 1 rings (SSSR count). The van der Waals surface area contributed by atoms with Crippen LogP contribution in [0.3, 0.4) is 0 Å². The summed E-state index contributed by atoms with van der Waals surface area (Å²) in [7, 11) is 0. The number of halogens is 1. The molecule has 1 amide bonds. The van der Waals surface area contributed by atoms with Gasteiger partial charge < -0.3 is 16.0 Å². The predicted molar refractivity (Wildman–Crippen MR) is 82.6 cm³/mol. The van der Waals surface area contributed by atoms with E-state index >= 15 is 0 Å². The minimum atomic E-state index is -0.659. The lowest BCUT2D eigenvalue weighted by atomic mass is 10.1. The van der Waals surface area contributed by atoms with Crippen molar-refractivity contribution in [3.8, 4) is 0 Å². The molecule has 1 aromatic carbocycles. The fraction of sp³-hybridized carbons (Fsp3) is 0.462. The third kappa shape index (κ3) is 4.57. The highest BCUT2D eigenvalue weighted by Crippen LogP contribution is 2.30. The van der Waals surface area contributed by atoms with Gasteiger partial charge in [-0.05, 0) is 19.2 Å². The van der Waals surface area contributed by atoms with Crippen LogP contribution in [-0.2, 0) is 0 Å². The first-order valence-electron chi connectivity index (χ1n) is 6.64. The smallest absolute Gasteiger partial charge is 0.294 e. The molecule has 0 saturated heterocycles. The minimum absolute atomic E-state index is 0.00177. The number of nitrogens with zero attached hydrogens (tertiary/aromatic N) is 2. The number of nitrogens with one attached hydrogen (secondary N) is 1. The largest absolute Gasteiger partial charge is 0.392 e. The van der Waals surface area contributed by atoms with Crippen molar-refractivity contribution >= 4 is 28.9 Å². The normalized spacial score (nSPS) is 10.7. The third-order valence-electron chi connectivity index (χ3n) is 3.17. The van der Waals surface area contributed by atoms with Crippen LogP contribution < -0.4 is 11.1 Å². The van der Waals surface area contributed by atoms with Gasteiger partial charge in [-0.3, -0.25) is 14.9 Å². The molecule has 116 valence electrons. The van der Waals surface area contributed by atoms with E-state index in [9.17, 15) is 14.9 Å². The predicted octanol–water partition coefficient (Wildman–Crippen LogP) is 1.90. The van der Waals surface area contributed by atoms with Crippen molar-refractivity contribution in [2.24, 2.45) is 0 Å². The van der Waals surface area contributed by atoms with Crippen molar-refractivity contribution < 1.29 is 9.72 Å². The number of nitro groups is 1. The molecule has 0 aromatic heterocycles. The molecule has 8 heteroatoms. The molecule has 0 saturated carbocycles. The number of amides is 1. The molecular formula is C13H19ClN4O3. The molecular weight excluding hydrogens is 296 g/mol. The van der Waals surface area contributed by atoms with Gasteiger partial charge in [-0.15, -0.1) is 0 Å². The van der Waals surface area contributed by atoms with E-state index in [1.165, 1.54) is 6.07 Å². The van der Waals surface area contributed by atoms with Crippen molar-refractivity contribution in [2.45, 2.75) is 13.8 Å². The van der Waals surface area contributed by atoms with Crippen molar-refractivity contribution in [1.82, 2.24) is 10.2 Å². The first-order valence-corrected chi connectivity index (χ1v) is 7.02. The average Bonchev–Trinajstić information content (AvgIpc) is 2.45. The zero-order valence-corrected chi connectivity index (χ0v) is 12.8. The Morgan fingerprint density at radius 2 is 2.05 bits per heavy atom. The van der Waals surface area contributed by atoms with E-state index in [0.29, 0.717) is 13.1 Å². The number of nitrogens with two attached hydrogens (primary N) is 1. The number of likely N-dealkylation sites (N-methyl/N-ethyl adjacent to an activating group) is 1. The highest BCUT2D eigenvalue weighted by Gasteiger charge is 2.19. The first-order chi connectivity index (χ1) is 9.90. The maximum Gasteiger partial charge on any atom is 0.294 e. The van der Waals surface area contributed by atoms with Crippen LogP contribution in [0.4, 0.5) is 11.4 Å². The molecule has 0 spiro atoms. The van der Waals surface area contributed by atoms with Gasteiger partial charge in [0, 0.05) is 24.7 Å². The number of carbonyl (C=O) groups is 1. The van der Waals surface area contributed by atoms with Crippen molar-refractivity contribution in [3.05, 3.63) is 32.8 Å². The lowest BCUT2D eigenvalue weighted by Crippen LogP contribution is -2.34. The van der Waals surface area contributed by atoms with E-state index < -0.39 is 10.8 Å². The number of benzene rings is 1. The maximum atomic E-state index is 12.0. The second kappa shape index (κ2) is 7.80. The Hall–Kier alpha value is -1.86. The maximum absolute atomic E-state index is 12.0. The highest BCUT2D eigenvalue weighted by molar-refractivity contribution is 6.34. The van der Waals surface area contributed by atoms with E-state index in [0.717, 1.165) is 19.2 Å². The van der Waals surface area contributed by atoms with Gasteiger partial charge >= 0.3 is 0 Å². The van der Waals surface area contributed by atoms with Crippen LogP contribution in [-0.4, -0.2) is 41.9 Å². The van der Waals surface area contributed by atoms with Crippen LogP contribution in [0.1, 0.15) is 24.2 Å². The monoisotopic (exact) mass is 314 g/mol. The number of hydrogen-bond acceptors (Lipinski definition) is 5. The second-order valence-electron chi connectivity index (χ2n) is 4.43. The molecule has 0 unspecified atom stereocenters. The standard InChI is InChI=1S/C13H19ClN4O3/c1-3-17(4-2)6-5-16-13(19)9-7-10(14)12(15)11(8-9)18(20)21/h7-8H,3-6,15H2,1-2H3,(H,16,19). The minimum Gasteiger partial charge on any atom is -0.392 e. The average molecular weight is 315 g/mol. The molecule has 0 fully saturated rings. The summed E-state index contributed by atoms with van der Waals surface area (Å²) in [5, 5.41) is 13.6. The molecule has 7 nitrogen and oxygen atoms in total. The van der Waals surface area contributed by atoms with Crippen LogP contribution in [0.25, 0.3) is 0 Å². The molecule has 21 heavy (non-hydrogen) atoms. The Bertz CT molecular complexity index is 532. The van der Waals surface area contributed by atoms with Crippen molar-refractivity contribution in [1.29, 1.82) is 0 Å². The van der Waals surface area contributed by atoms with Gasteiger partial charge in [0.05, 0.1) is 9.95 Å². The summed E-state index contributed by atoms with van der Waals surface area (Å²) in [5.74, 6) is -0.410. The molecule has 0 radical (unpaired) electrons. The van der Waals surface area contributed by atoms with Crippen molar-refractivity contribution in [3.63, 3.8) is 0 Å². The topological polar surface area (TPSA) is 102 Å².